The third-order valence-corrected chi connectivity index (χ3v) is 3.03. The highest BCUT2D eigenvalue weighted by molar-refractivity contribution is 9.10. The van der Waals surface area contributed by atoms with Gasteiger partial charge in [0.2, 0.25) is 0 Å². The number of rotatable bonds is 3. The molecule has 1 aromatic rings. The Balaban J connectivity index is 3.00. The van der Waals surface area contributed by atoms with Gasteiger partial charge < -0.3 is 5.11 Å². The maximum Gasteiger partial charge on any atom is 0.0499 e. The van der Waals surface area contributed by atoms with E-state index in [0.29, 0.717) is 5.92 Å². The maximum atomic E-state index is 8.98. The highest BCUT2D eigenvalue weighted by atomic mass is 79.9. The van der Waals surface area contributed by atoms with E-state index in [2.05, 4.69) is 42.8 Å². The van der Waals surface area contributed by atoms with Crippen molar-refractivity contribution in [2.75, 3.05) is 6.61 Å². The second-order valence-corrected chi connectivity index (χ2v) is 4.67. The number of aliphatic hydroxyl groups is 1. The zero-order valence-electron chi connectivity index (χ0n) is 8.63. The van der Waals surface area contributed by atoms with Gasteiger partial charge in [-0.15, -0.1) is 0 Å². The quantitative estimate of drug-likeness (QED) is 0.877. The van der Waals surface area contributed by atoms with Crippen molar-refractivity contribution < 1.29 is 5.11 Å². The van der Waals surface area contributed by atoms with Gasteiger partial charge in [0.05, 0.1) is 0 Å². The smallest absolute Gasteiger partial charge is 0.0499 e. The SMILES string of the molecule is [CH2]C(CO)c1ccc(C(C)C)c(Br)c1. The van der Waals surface area contributed by atoms with Gasteiger partial charge in [0, 0.05) is 17.0 Å². The van der Waals surface area contributed by atoms with Crippen molar-refractivity contribution in [3.8, 4) is 0 Å². The van der Waals surface area contributed by atoms with Crippen molar-refractivity contribution >= 4 is 15.9 Å². The summed E-state index contributed by atoms with van der Waals surface area (Å²) in [5, 5.41) is 8.98. The molecule has 0 aromatic heterocycles. The minimum atomic E-state index is -0.0347. The van der Waals surface area contributed by atoms with E-state index in [1.165, 1.54) is 5.56 Å². The van der Waals surface area contributed by atoms with Gasteiger partial charge >= 0.3 is 0 Å². The first kappa shape index (κ1) is 11.7. The van der Waals surface area contributed by atoms with Gasteiger partial charge in [0.25, 0.3) is 0 Å². The topological polar surface area (TPSA) is 20.2 Å². The molecule has 14 heavy (non-hydrogen) atoms. The average Bonchev–Trinajstić information content (AvgIpc) is 2.15. The van der Waals surface area contributed by atoms with Gasteiger partial charge in [-0.3, -0.25) is 0 Å². The minimum Gasteiger partial charge on any atom is -0.396 e. The van der Waals surface area contributed by atoms with Crippen LogP contribution in [0.5, 0.6) is 0 Å². The summed E-state index contributed by atoms with van der Waals surface area (Å²) in [6.45, 7) is 8.28. The minimum absolute atomic E-state index is 0.0347. The normalized spacial score (nSPS) is 13.3. The van der Waals surface area contributed by atoms with Crippen LogP contribution in [0.2, 0.25) is 0 Å². The number of hydrogen-bond donors (Lipinski definition) is 1. The van der Waals surface area contributed by atoms with E-state index in [9.17, 15) is 0 Å². The molecule has 0 saturated carbocycles. The number of aliphatic hydroxyl groups excluding tert-OH is 1. The lowest BCUT2D eigenvalue weighted by molar-refractivity contribution is 0.282. The Hall–Kier alpha value is -0.340. The fraction of sp³-hybridized carbons (Fsp3) is 0.417. The monoisotopic (exact) mass is 255 g/mol. The molecule has 0 heterocycles. The van der Waals surface area contributed by atoms with E-state index in [-0.39, 0.29) is 12.5 Å². The molecule has 0 bridgehead atoms. The molecule has 1 nitrogen and oxygen atoms in total. The molecule has 1 atom stereocenters. The van der Waals surface area contributed by atoms with Crippen LogP contribution in [0.1, 0.15) is 36.8 Å². The van der Waals surface area contributed by atoms with Gasteiger partial charge in [0.15, 0.2) is 0 Å². The molecule has 1 unspecified atom stereocenters. The first-order valence-electron chi connectivity index (χ1n) is 4.79. The third kappa shape index (κ3) is 2.58. The van der Waals surface area contributed by atoms with Gasteiger partial charge in [-0.2, -0.15) is 0 Å². The third-order valence-electron chi connectivity index (χ3n) is 2.34. The number of halogens is 1. The van der Waals surface area contributed by atoms with Crippen LogP contribution in [0.25, 0.3) is 0 Å². The van der Waals surface area contributed by atoms with Crippen LogP contribution in [0.4, 0.5) is 0 Å². The molecule has 1 aromatic carbocycles. The zero-order chi connectivity index (χ0) is 10.7. The second kappa shape index (κ2) is 4.94. The van der Waals surface area contributed by atoms with Crippen molar-refractivity contribution in [3.05, 3.63) is 40.7 Å². The standard InChI is InChI=1S/C12H16BrO/c1-8(2)11-5-4-10(6-12(11)13)9(3)7-14/h4-6,8-9,14H,3,7H2,1-2H3. The van der Waals surface area contributed by atoms with Gasteiger partial charge in [-0.25, -0.2) is 0 Å². The van der Waals surface area contributed by atoms with Crippen LogP contribution in [0.15, 0.2) is 22.7 Å². The Morgan fingerprint density at radius 2 is 2.07 bits per heavy atom. The van der Waals surface area contributed by atoms with E-state index in [0.717, 1.165) is 10.0 Å². The highest BCUT2D eigenvalue weighted by Gasteiger charge is 2.08. The van der Waals surface area contributed by atoms with Crippen LogP contribution in [0.3, 0.4) is 0 Å². The molecule has 0 fully saturated rings. The van der Waals surface area contributed by atoms with E-state index in [4.69, 9.17) is 5.11 Å². The summed E-state index contributed by atoms with van der Waals surface area (Å²) in [5.74, 6) is 0.475. The number of hydrogen-bond acceptors (Lipinski definition) is 1. The lowest BCUT2D eigenvalue weighted by atomic mass is 9.97. The van der Waals surface area contributed by atoms with E-state index in [1.54, 1.807) is 0 Å². The summed E-state index contributed by atoms with van der Waals surface area (Å²) in [5.41, 5.74) is 2.36. The Kier molecular flexibility index (Phi) is 4.14. The van der Waals surface area contributed by atoms with Crippen LogP contribution in [0, 0.1) is 6.92 Å². The lowest BCUT2D eigenvalue weighted by Crippen LogP contribution is -2.00. The van der Waals surface area contributed by atoms with Crippen LogP contribution < -0.4 is 0 Å². The fourth-order valence-corrected chi connectivity index (χ4v) is 2.23. The summed E-state index contributed by atoms with van der Waals surface area (Å²) < 4.78 is 1.10. The first-order valence-corrected chi connectivity index (χ1v) is 5.58. The largest absolute Gasteiger partial charge is 0.396 e. The van der Waals surface area contributed by atoms with Crippen LogP contribution >= 0.6 is 15.9 Å². The second-order valence-electron chi connectivity index (χ2n) is 3.82. The molecule has 2 heteroatoms. The zero-order valence-corrected chi connectivity index (χ0v) is 10.2. The van der Waals surface area contributed by atoms with Gasteiger partial charge in [0.1, 0.15) is 0 Å². The summed E-state index contributed by atoms with van der Waals surface area (Å²) >= 11 is 3.54. The summed E-state index contributed by atoms with van der Waals surface area (Å²) in [4.78, 5) is 0. The average molecular weight is 256 g/mol. The van der Waals surface area contributed by atoms with Crippen molar-refractivity contribution in [2.45, 2.75) is 25.7 Å². The first-order chi connectivity index (χ1) is 6.56. The molecule has 0 aliphatic rings. The molecular weight excluding hydrogens is 240 g/mol. The predicted molar refractivity (Wildman–Crippen MR) is 63.4 cm³/mol. The molecule has 0 aliphatic carbocycles. The molecule has 0 saturated heterocycles. The van der Waals surface area contributed by atoms with Crippen molar-refractivity contribution in [1.82, 2.24) is 0 Å². The van der Waals surface area contributed by atoms with Gasteiger partial charge in [-0.05, 0) is 30.0 Å². The van der Waals surface area contributed by atoms with Crippen molar-refractivity contribution in [2.24, 2.45) is 0 Å². The van der Waals surface area contributed by atoms with Crippen LogP contribution in [-0.4, -0.2) is 11.7 Å². The van der Waals surface area contributed by atoms with Crippen molar-refractivity contribution in [3.63, 3.8) is 0 Å². The van der Waals surface area contributed by atoms with Gasteiger partial charge in [-0.1, -0.05) is 41.9 Å². The molecule has 0 spiro atoms. The summed E-state index contributed by atoms with van der Waals surface area (Å²) in [6, 6.07) is 6.18. The Morgan fingerprint density at radius 1 is 1.43 bits per heavy atom. The molecule has 0 amide bonds. The van der Waals surface area contributed by atoms with E-state index in [1.807, 2.05) is 12.1 Å². The molecule has 1 N–H and O–H groups in total. The molecule has 0 aliphatic heterocycles. The molecule has 1 rings (SSSR count). The summed E-state index contributed by atoms with van der Waals surface area (Å²) in [7, 11) is 0. The van der Waals surface area contributed by atoms with E-state index < -0.39 is 0 Å². The Bertz CT molecular complexity index is 307. The van der Waals surface area contributed by atoms with Crippen molar-refractivity contribution in [1.29, 1.82) is 0 Å². The predicted octanol–water partition coefficient (Wildman–Crippen LogP) is 3.48. The Morgan fingerprint density at radius 3 is 2.50 bits per heavy atom. The van der Waals surface area contributed by atoms with Crippen LogP contribution in [-0.2, 0) is 0 Å². The Labute approximate surface area is 94.3 Å². The molecule has 77 valence electrons. The fourth-order valence-electron chi connectivity index (χ4n) is 1.37. The highest BCUT2D eigenvalue weighted by Crippen LogP contribution is 2.28. The molecule has 1 radical (unpaired) electrons. The molecular formula is C12H16BrO. The number of benzene rings is 1. The lowest BCUT2D eigenvalue weighted by Gasteiger charge is -2.13. The van der Waals surface area contributed by atoms with E-state index >= 15 is 0 Å². The maximum absolute atomic E-state index is 8.98. The summed E-state index contributed by atoms with van der Waals surface area (Å²) in [6.07, 6.45) is 0.